The quantitative estimate of drug-likeness (QED) is 0.918. The number of aromatic nitrogens is 3. The van der Waals surface area contributed by atoms with Crippen LogP contribution in [0.25, 0.3) is 0 Å². The average Bonchev–Trinajstić information content (AvgIpc) is 3.24. The minimum atomic E-state index is 0.0629. The molecule has 1 aromatic carbocycles. The highest BCUT2D eigenvalue weighted by atomic mass is 16.2. The van der Waals surface area contributed by atoms with E-state index in [4.69, 9.17) is 0 Å². The molecule has 2 aliphatic heterocycles. The van der Waals surface area contributed by atoms with Gasteiger partial charge in [-0.2, -0.15) is 5.10 Å². The fourth-order valence-electron chi connectivity index (χ4n) is 3.95. The molecule has 2 saturated heterocycles. The number of hydrogen-bond donors (Lipinski definition) is 1. The lowest BCUT2D eigenvalue weighted by Gasteiger charge is -2.37. The van der Waals surface area contributed by atoms with E-state index in [9.17, 15) is 4.79 Å². The first kappa shape index (κ1) is 16.9. The highest BCUT2D eigenvalue weighted by Gasteiger charge is 2.27. The molecule has 1 unspecified atom stereocenters. The van der Waals surface area contributed by atoms with E-state index in [0.717, 1.165) is 45.3 Å². The first-order chi connectivity index (χ1) is 12.8. The Morgan fingerprint density at radius 2 is 1.88 bits per heavy atom. The molecule has 2 fully saturated rings. The summed E-state index contributed by atoms with van der Waals surface area (Å²) in [5, 5.41) is 7.47. The molecule has 0 bridgehead atoms. The minimum absolute atomic E-state index is 0.0629. The van der Waals surface area contributed by atoms with Crippen LogP contribution in [0.2, 0.25) is 0 Å². The number of carbonyl (C=O) groups excluding carboxylic acids is 1. The van der Waals surface area contributed by atoms with Gasteiger partial charge < -0.3 is 15.1 Å². The van der Waals surface area contributed by atoms with E-state index in [0.29, 0.717) is 6.54 Å². The van der Waals surface area contributed by atoms with E-state index in [1.54, 1.807) is 12.7 Å². The number of nitrogens with one attached hydrogen (secondary N) is 1. The number of piperidine rings is 2. The lowest BCUT2D eigenvalue weighted by atomic mass is 10.0. The Kier molecular flexibility index (Phi) is 5.04. The van der Waals surface area contributed by atoms with Crippen molar-refractivity contribution in [1.29, 1.82) is 0 Å². The highest BCUT2D eigenvalue weighted by molar-refractivity contribution is 5.74. The fourth-order valence-corrected chi connectivity index (χ4v) is 3.95. The SMILES string of the molecule is O=C(NC1CCN(c2ccccc2)CC1)N1CCCC(n2cncn2)C1. The molecule has 7 nitrogen and oxygen atoms in total. The van der Waals surface area contributed by atoms with Crippen LogP contribution in [0, 0.1) is 0 Å². The molecule has 0 aliphatic carbocycles. The van der Waals surface area contributed by atoms with Gasteiger partial charge in [0, 0.05) is 37.9 Å². The largest absolute Gasteiger partial charge is 0.371 e. The van der Waals surface area contributed by atoms with Gasteiger partial charge in [-0.3, -0.25) is 0 Å². The van der Waals surface area contributed by atoms with Crippen LogP contribution in [0.4, 0.5) is 10.5 Å². The maximum absolute atomic E-state index is 12.7. The summed E-state index contributed by atoms with van der Waals surface area (Å²) in [4.78, 5) is 21.0. The maximum atomic E-state index is 12.7. The predicted octanol–water partition coefficient (Wildman–Crippen LogP) is 2.29. The van der Waals surface area contributed by atoms with Crippen LogP contribution in [0.3, 0.4) is 0 Å². The van der Waals surface area contributed by atoms with Gasteiger partial charge in [0.15, 0.2) is 0 Å². The summed E-state index contributed by atoms with van der Waals surface area (Å²) in [6.07, 6.45) is 7.32. The second-order valence-electron chi connectivity index (χ2n) is 7.16. The molecule has 0 radical (unpaired) electrons. The molecule has 4 rings (SSSR count). The molecule has 2 aliphatic rings. The van der Waals surface area contributed by atoms with Gasteiger partial charge in [0.25, 0.3) is 0 Å². The van der Waals surface area contributed by atoms with Crippen LogP contribution in [0.15, 0.2) is 43.0 Å². The Morgan fingerprint density at radius 3 is 2.62 bits per heavy atom. The van der Waals surface area contributed by atoms with Crippen molar-refractivity contribution in [3.05, 3.63) is 43.0 Å². The number of rotatable bonds is 3. The zero-order chi connectivity index (χ0) is 17.8. The summed E-state index contributed by atoms with van der Waals surface area (Å²) in [6, 6.07) is 11.0. The van der Waals surface area contributed by atoms with Crippen LogP contribution in [0.5, 0.6) is 0 Å². The summed E-state index contributed by atoms with van der Waals surface area (Å²) >= 11 is 0. The average molecular weight is 354 g/mol. The monoisotopic (exact) mass is 354 g/mol. The number of urea groups is 1. The van der Waals surface area contributed by atoms with Crippen molar-refractivity contribution in [1.82, 2.24) is 25.0 Å². The van der Waals surface area contributed by atoms with E-state index in [2.05, 4.69) is 44.6 Å². The normalized spacial score (nSPS) is 21.6. The third-order valence-electron chi connectivity index (χ3n) is 5.44. The van der Waals surface area contributed by atoms with Crippen LogP contribution in [-0.4, -0.2) is 57.9 Å². The van der Waals surface area contributed by atoms with Crippen molar-refractivity contribution in [2.45, 2.75) is 37.8 Å². The van der Waals surface area contributed by atoms with Gasteiger partial charge in [-0.05, 0) is 37.8 Å². The standard InChI is InChI=1S/C19H26N6O/c26-19(24-10-4-7-18(13-24)25-15-20-14-21-25)22-16-8-11-23(12-9-16)17-5-2-1-3-6-17/h1-3,5-6,14-16,18H,4,7-13H2,(H,22,26). The number of para-hydroxylation sites is 1. The van der Waals surface area contributed by atoms with E-state index in [1.807, 2.05) is 15.6 Å². The van der Waals surface area contributed by atoms with Gasteiger partial charge in [0.05, 0.1) is 6.04 Å². The number of anilines is 1. The number of carbonyl (C=O) groups is 1. The molecule has 138 valence electrons. The summed E-state index contributed by atoms with van der Waals surface area (Å²) in [6.45, 7) is 3.49. The van der Waals surface area contributed by atoms with Gasteiger partial charge in [-0.1, -0.05) is 18.2 Å². The van der Waals surface area contributed by atoms with E-state index in [1.165, 1.54) is 5.69 Å². The molecule has 1 atom stereocenters. The lowest BCUT2D eigenvalue weighted by molar-refractivity contribution is 0.158. The van der Waals surface area contributed by atoms with Gasteiger partial charge >= 0.3 is 6.03 Å². The zero-order valence-corrected chi connectivity index (χ0v) is 15.0. The van der Waals surface area contributed by atoms with E-state index >= 15 is 0 Å². The van der Waals surface area contributed by atoms with Crippen LogP contribution in [0.1, 0.15) is 31.7 Å². The van der Waals surface area contributed by atoms with E-state index < -0.39 is 0 Å². The number of benzene rings is 1. The van der Waals surface area contributed by atoms with Crippen LogP contribution < -0.4 is 10.2 Å². The van der Waals surface area contributed by atoms with Crippen molar-refractivity contribution in [2.24, 2.45) is 0 Å². The number of likely N-dealkylation sites (tertiary alicyclic amines) is 1. The van der Waals surface area contributed by atoms with Gasteiger partial charge in [-0.25, -0.2) is 14.5 Å². The van der Waals surface area contributed by atoms with Crippen molar-refractivity contribution in [3.63, 3.8) is 0 Å². The number of hydrogen-bond acceptors (Lipinski definition) is 4. The topological polar surface area (TPSA) is 66.3 Å². The Bertz CT molecular complexity index is 696. The molecule has 7 heteroatoms. The second kappa shape index (κ2) is 7.76. The van der Waals surface area contributed by atoms with Crippen molar-refractivity contribution in [2.75, 3.05) is 31.1 Å². The van der Waals surface area contributed by atoms with Crippen molar-refractivity contribution >= 4 is 11.7 Å². The molecular formula is C19H26N6O. The third-order valence-corrected chi connectivity index (χ3v) is 5.44. The van der Waals surface area contributed by atoms with Gasteiger partial charge in [-0.15, -0.1) is 0 Å². The summed E-state index contributed by atoms with van der Waals surface area (Å²) in [5.41, 5.74) is 1.27. The Morgan fingerprint density at radius 1 is 1.08 bits per heavy atom. The van der Waals surface area contributed by atoms with Crippen molar-refractivity contribution in [3.8, 4) is 0 Å². The van der Waals surface area contributed by atoms with Gasteiger partial charge in [0.1, 0.15) is 12.7 Å². The summed E-state index contributed by atoms with van der Waals surface area (Å²) < 4.78 is 1.87. The predicted molar refractivity (Wildman–Crippen MR) is 100 cm³/mol. The summed E-state index contributed by atoms with van der Waals surface area (Å²) in [5.74, 6) is 0. The summed E-state index contributed by atoms with van der Waals surface area (Å²) in [7, 11) is 0. The fraction of sp³-hybridized carbons (Fsp3) is 0.526. The molecule has 0 saturated carbocycles. The minimum Gasteiger partial charge on any atom is -0.371 e. The molecule has 0 spiro atoms. The molecule has 1 aromatic heterocycles. The number of nitrogens with zero attached hydrogens (tertiary/aromatic N) is 5. The first-order valence-electron chi connectivity index (χ1n) is 9.49. The van der Waals surface area contributed by atoms with Crippen LogP contribution >= 0.6 is 0 Å². The Labute approximate surface area is 154 Å². The molecule has 2 aromatic rings. The maximum Gasteiger partial charge on any atom is 0.317 e. The smallest absolute Gasteiger partial charge is 0.317 e. The second-order valence-corrected chi connectivity index (χ2v) is 7.16. The van der Waals surface area contributed by atoms with Crippen LogP contribution in [-0.2, 0) is 0 Å². The third kappa shape index (κ3) is 3.81. The molecule has 1 N–H and O–H groups in total. The Balaban J connectivity index is 1.27. The van der Waals surface area contributed by atoms with Gasteiger partial charge in [0.2, 0.25) is 0 Å². The molecular weight excluding hydrogens is 328 g/mol. The van der Waals surface area contributed by atoms with Crippen molar-refractivity contribution < 1.29 is 4.79 Å². The molecule has 3 heterocycles. The first-order valence-corrected chi connectivity index (χ1v) is 9.49. The molecule has 26 heavy (non-hydrogen) atoms. The lowest BCUT2D eigenvalue weighted by Crippen LogP contribution is -2.51. The molecule has 2 amide bonds. The van der Waals surface area contributed by atoms with E-state index in [-0.39, 0.29) is 18.1 Å². The number of amides is 2. The highest BCUT2D eigenvalue weighted by Crippen LogP contribution is 2.22. The zero-order valence-electron chi connectivity index (χ0n) is 15.0. The Hall–Kier alpha value is -2.57.